The molecule has 0 amide bonds. The second-order valence-corrected chi connectivity index (χ2v) is 7.14. The van der Waals surface area contributed by atoms with E-state index in [2.05, 4.69) is 11.0 Å². The Labute approximate surface area is 137 Å². The molecule has 23 heavy (non-hydrogen) atoms. The highest BCUT2D eigenvalue weighted by Crippen LogP contribution is 2.34. The molecule has 5 nitrogen and oxygen atoms in total. The van der Waals surface area contributed by atoms with E-state index in [0.717, 1.165) is 70.5 Å². The Kier molecular flexibility index (Phi) is 4.71. The molecule has 3 fully saturated rings. The number of hydrogen-bond donors (Lipinski definition) is 0. The maximum absolute atomic E-state index is 6.32. The Morgan fingerprint density at radius 3 is 2.83 bits per heavy atom. The van der Waals surface area contributed by atoms with E-state index in [-0.39, 0.29) is 0 Å². The van der Waals surface area contributed by atoms with Crippen LogP contribution in [-0.2, 0) is 20.8 Å². The zero-order chi connectivity index (χ0) is 15.6. The van der Waals surface area contributed by atoms with Gasteiger partial charge in [-0.05, 0) is 37.8 Å². The predicted octanol–water partition coefficient (Wildman–Crippen LogP) is 2.23. The molecule has 3 aliphatic rings. The van der Waals surface area contributed by atoms with Gasteiger partial charge in [0.1, 0.15) is 11.5 Å². The lowest BCUT2D eigenvalue weighted by Crippen LogP contribution is -2.32. The van der Waals surface area contributed by atoms with Crippen molar-refractivity contribution in [2.45, 2.75) is 38.5 Å². The van der Waals surface area contributed by atoms with Crippen LogP contribution in [0.3, 0.4) is 0 Å². The first-order valence-electron chi connectivity index (χ1n) is 8.86. The number of furan rings is 1. The molecular formula is C18H27NO4. The van der Waals surface area contributed by atoms with E-state index >= 15 is 0 Å². The van der Waals surface area contributed by atoms with Crippen LogP contribution >= 0.6 is 0 Å². The van der Waals surface area contributed by atoms with Crippen molar-refractivity contribution in [3.63, 3.8) is 0 Å². The standard InChI is InChI=1S/C18H27NO4/c1-13-2-3-15(23-13)8-19-9-18(16-11-21-12-17(16)19)22-10-14-4-6-20-7-5-14/h2-3,14,16-18H,4-12H2,1H3/t16-,17+,18+/m1/s1. The van der Waals surface area contributed by atoms with E-state index in [9.17, 15) is 0 Å². The third kappa shape index (κ3) is 3.48. The van der Waals surface area contributed by atoms with Gasteiger partial charge in [0.15, 0.2) is 0 Å². The van der Waals surface area contributed by atoms with E-state index < -0.39 is 0 Å². The summed E-state index contributed by atoms with van der Waals surface area (Å²) in [6.07, 6.45) is 2.56. The van der Waals surface area contributed by atoms with Crippen LogP contribution in [-0.4, -0.2) is 56.6 Å². The molecule has 4 rings (SSSR count). The first kappa shape index (κ1) is 15.6. The second-order valence-electron chi connectivity index (χ2n) is 7.14. The summed E-state index contributed by atoms with van der Waals surface area (Å²) in [4.78, 5) is 2.48. The van der Waals surface area contributed by atoms with Crippen molar-refractivity contribution in [3.8, 4) is 0 Å². The molecule has 0 saturated carbocycles. The maximum atomic E-state index is 6.32. The van der Waals surface area contributed by atoms with Crippen LogP contribution < -0.4 is 0 Å². The van der Waals surface area contributed by atoms with Crippen LogP contribution in [0.2, 0.25) is 0 Å². The summed E-state index contributed by atoms with van der Waals surface area (Å²) in [5.41, 5.74) is 0. The average molecular weight is 321 g/mol. The lowest BCUT2D eigenvalue weighted by Gasteiger charge is -2.25. The maximum Gasteiger partial charge on any atom is 0.118 e. The van der Waals surface area contributed by atoms with Gasteiger partial charge in [-0.1, -0.05) is 0 Å². The van der Waals surface area contributed by atoms with Crippen molar-refractivity contribution in [1.82, 2.24) is 4.90 Å². The average Bonchev–Trinajstić information content (AvgIpc) is 3.26. The molecular weight excluding hydrogens is 294 g/mol. The zero-order valence-electron chi connectivity index (χ0n) is 13.9. The summed E-state index contributed by atoms with van der Waals surface area (Å²) in [7, 11) is 0. The van der Waals surface area contributed by atoms with Crippen LogP contribution in [0, 0.1) is 18.8 Å². The minimum atomic E-state index is 0.293. The Bertz CT molecular complexity index is 511. The molecule has 3 saturated heterocycles. The van der Waals surface area contributed by atoms with Crippen LogP contribution in [0.25, 0.3) is 0 Å². The first-order valence-corrected chi connectivity index (χ1v) is 8.86. The highest BCUT2D eigenvalue weighted by atomic mass is 16.5. The summed E-state index contributed by atoms with van der Waals surface area (Å²) < 4.78 is 23.2. The number of rotatable bonds is 5. The number of ether oxygens (including phenoxy) is 3. The van der Waals surface area contributed by atoms with Gasteiger partial charge in [0.2, 0.25) is 0 Å². The van der Waals surface area contributed by atoms with E-state index in [0.29, 0.717) is 24.0 Å². The Hall–Kier alpha value is -0.880. The molecule has 0 unspecified atom stereocenters. The SMILES string of the molecule is Cc1ccc(CN2C[C@H](OCC3CCOCC3)[C@@H]3COC[C@@H]32)o1. The predicted molar refractivity (Wildman–Crippen MR) is 85.2 cm³/mol. The number of fused-ring (bicyclic) bond motifs is 1. The third-order valence-electron chi connectivity index (χ3n) is 5.50. The summed E-state index contributed by atoms with van der Waals surface area (Å²) >= 11 is 0. The molecule has 0 aliphatic carbocycles. The lowest BCUT2D eigenvalue weighted by molar-refractivity contribution is -0.0260. The molecule has 3 atom stereocenters. The summed E-state index contributed by atoms with van der Waals surface area (Å²) in [5.74, 6) is 3.18. The normalized spacial score (nSPS) is 32.5. The topological polar surface area (TPSA) is 44.1 Å². The van der Waals surface area contributed by atoms with Crippen molar-refractivity contribution < 1.29 is 18.6 Å². The molecule has 0 aromatic carbocycles. The van der Waals surface area contributed by atoms with Gasteiger partial charge in [0, 0.05) is 31.7 Å². The van der Waals surface area contributed by atoms with Gasteiger partial charge < -0.3 is 18.6 Å². The smallest absolute Gasteiger partial charge is 0.118 e. The van der Waals surface area contributed by atoms with Gasteiger partial charge in [-0.3, -0.25) is 4.90 Å². The second kappa shape index (κ2) is 6.93. The Morgan fingerprint density at radius 1 is 1.17 bits per heavy atom. The molecule has 0 bridgehead atoms. The highest BCUT2D eigenvalue weighted by molar-refractivity contribution is 5.07. The van der Waals surface area contributed by atoms with Crippen molar-refractivity contribution in [2.24, 2.45) is 11.8 Å². The van der Waals surface area contributed by atoms with E-state index in [1.165, 1.54) is 0 Å². The molecule has 3 aliphatic heterocycles. The largest absolute Gasteiger partial charge is 0.465 e. The minimum Gasteiger partial charge on any atom is -0.465 e. The zero-order valence-corrected chi connectivity index (χ0v) is 13.9. The number of likely N-dealkylation sites (tertiary alicyclic amines) is 1. The van der Waals surface area contributed by atoms with Crippen molar-refractivity contribution in [2.75, 3.05) is 39.6 Å². The van der Waals surface area contributed by atoms with Crippen LogP contribution in [0.1, 0.15) is 24.4 Å². The molecule has 0 spiro atoms. The van der Waals surface area contributed by atoms with E-state index in [4.69, 9.17) is 18.6 Å². The van der Waals surface area contributed by atoms with Gasteiger partial charge in [-0.2, -0.15) is 0 Å². The summed E-state index contributed by atoms with van der Waals surface area (Å²) in [6, 6.07) is 4.59. The van der Waals surface area contributed by atoms with Crippen molar-refractivity contribution in [1.29, 1.82) is 0 Å². The summed E-state index contributed by atoms with van der Waals surface area (Å²) in [5, 5.41) is 0. The van der Waals surface area contributed by atoms with Gasteiger partial charge in [-0.15, -0.1) is 0 Å². The number of hydrogen-bond acceptors (Lipinski definition) is 5. The Balaban J connectivity index is 1.34. The van der Waals surface area contributed by atoms with Gasteiger partial charge in [0.05, 0.1) is 32.5 Å². The highest BCUT2D eigenvalue weighted by Gasteiger charge is 2.46. The number of nitrogens with zero attached hydrogens (tertiary/aromatic N) is 1. The lowest BCUT2D eigenvalue weighted by atomic mass is 10.00. The first-order chi connectivity index (χ1) is 11.3. The van der Waals surface area contributed by atoms with E-state index in [1.54, 1.807) is 0 Å². The fourth-order valence-electron chi connectivity index (χ4n) is 4.09. The quantitative estimate of drug-likeness (QED) is 0.832. The van der Waals surface area contributed by atoms with Crippen molar-refractivity contribution >= 4 is 0 Å². The molecule has 128 valence electrons. The van der Waals surface area contributed by atoms with Gasteiger partial charge in [0.25, 0.3) is 0 Å². The summed E-state index contributed by atoms with van der Waals surface area (Å²) in [6.45, 7) is 8.13. The molecule has 1 aromatic heterocycles. The molecule has 0 N–H and O–H groups in total. The molecule has 1 aromatic rings. The monoisotopic (exact) mass is 321 g/mol. The van der Waals surface area contributed by atoms with E-state index in [1.807, 2.05) is 13.0 Å². The third-order valence-corrected chi connectivity index (χ3v) is 5.50. The fraction of sp³-hybridized carbons (Fsp3) is 0.778. The Morgan fingerprint density at radius 2 is 2.04 bits per heavy atom. The van der Waals surface area contributed by atoms with Gasteiger partial charge >= 0.3 is 0 Å². The molecule has 0 radical (unpaired) electrons. The van der Waals surface area contributed by atoms with Crippen LogP contribution in [0.5, 0.6) is 0 Å². The van der Waals surface area contributed by atoms with Gasteiger partial charge in [-0.25, -0.2) is 0 Å². The number of aryl methyl sites for hydroxylation is 1. The van der Waals surface area contributed by atoms with Crippen molar-refractivity contribution in [3.05, 3.63) is 23.7 Å². The fourth-order valence-corrected chi connectivity index (χ4v) is 4.09. The molecule has 4 heterocycles. The van der Waals surface area contributed by atoms with Crippen LogP contribution in [0.15, 0.2) is 16.5 Å². The minimum absolute atomic E-state index is 0.293. The van der Waals surface area contributed by atoms with Crippen LogP contribution in [0.4, 0.5) is 0 Å². The molecule has 5 heteroatoms.